The molecule has 13 heavy (non-hydrogen) atoms. The SMILES string of the molecule is CNC(=O)C1CC2(CCC(C)C2)C1. The van der Waals surface area contributed by atoms with Gasteiger partial charge in [0.05, 0.1) is 0 Å². The summed E-state index contributed by atoms with van der Waals surface area (Å²) in [6.45, 7) is 2.34. The Morgan fingerprint density at radius 2 is 2.08 bits per heavy atom. The third-order valence-electron chi connectivity index (χ3n) is 3.92. The van der Waals surface area contributed by atoms with Crippen LogP contribution in [-0.4, -0.2) is 13.0 Å². The van der Waals surface area contributed by atoms with Crippen molar-refractivity contribution in [3.05, 3.63) is 0 Å². The normalized spacial score (nSPS) is 43.2. The molecule has 1 unspecified atom stereocenters. The van der Waals surface area contributed by atoms with Gasteiger partial charge in [0.25, 0.3) is 0 Å². The maximum Gasteiger partial charge on any atom is 0.222 e. The van der Waals surface area contributed by atoms with E-state index in [1.54, 1.807) is 7.05 Å². The van der Waals surface area contributed by atoms with E-state index in [4.69, 9.17) is 0 Å². The first kappa shape index (κ1) is 9.04. The Bertz CT molecular complexity index is 218. The largest absolute Gasteiger partial charge is 0.359 e. The smallest absolute Gasteiger partial charge is 0.222 e. The molecule has 0 aromatic rings. The average Bonchev–Trinajstić information content (AvgIpc) is 2.43. The molecule has 1 spiro atoms. The second-order valence-electron chi connectivity index (χ2n) is 5.07. The van der Waals surface area contributed by atoms with Crippen LogP contribution in [0.25, 0.3) is 0 Å². The average molecular weight is 181 g/mol. The van der Waals surface area contributed by atoms with Crippen LogP contribution in [0, 0.1) is 17.3 Å². The number of carbonyl (C=O) groups excluding carboxylic acids is 1. The van der Waals surface area contributed by atoms with Gasteiger partial charge in [-0.25, -0.2) is 0 Å². The van der Waals surface area contributed by atoms with Gasteiger partial charge in [0, 0.05) is 13.0 Å². The Balaban J connectivity index is 1.87. The first-order chi connectivity index (χ1) is 6.15. The molecule has 0 bridgehead atoms. The van der Waals surface area contributed by atoms with Gasteiger partial charge < -0.3 is 5.32 Å². The van der Waals surface area contributed by atoms with Crippen molar-refractivity contribution in [3.8, 4) is 0 Å². The maximum absolute atomic E-state index is 11.3. The number of hydrogen-bond acceptors (Lipinski definition) is 1. The zero-order valence-corrected chi connectivity index (χ0v) is 8.60. The molecule has 0 saturated heterocycles. The van der Waals surface area contributed by atoms with E-state index in [9.17, 15) is 4.79 Å². The summed E-state index contributed by atoms with van der Waals surface area (Å²) in [7, 11) is 1.74. The van der Waals surface area contributed by atoms with Crippen LogP contribution in [0.3, 0.4) is 0 Å². The summed E-state index contributed by atoms with van der Waals surface area (Å²) in [6, 6.07) is 0. The lowest BCUT2D eigenvalue weighted by Gasteiger charge is -2.44. The minimum atomic E-state index is 0.255. The van der Waals surface area contributed by atoms with E-state index in [2.05, 4.69) is 12.2 Å². The van der Waals surface area contributed by atoms with E-state index >= 15 is 0 Å². The van der Waals surface area contributed by atoms with Gasteiger partial charge in [0.1, 0.15) is 0 Å². The van der Waals surface area contributed by atoms with Crippen molar-refractivity contribution in [2.45, 2.75) is 39.0 Å². The lowest BCUT2D eigenvalue weighted by Crippen LogP contribution is -2.43. The molecule has 2 heteroatoms. The van der Waals surface area contributed by atoms with E-state index in [0.717, 1.165) is 18.8 Å². The molecule has 0 heterocycles. The van der Waals surface area contributed by atoms with Crippen LogP contribution in [-0.2, 0) is 4.79 Å². The molecule has 1 N–H and O–H groups in total. The lowest BCUT2D eigenvalue weighted by molar-refractivity contribution is -0.132. The molecule has 0 radical (unpaired) electrons. The number of nitrogens with one attached hydrogen (secondary N) is 1. The van der Waals surface area contributed by atoms with Crippen molar-refractivity contribution in [2.75, 3.05) is 7.05 Å². The minimum absolute atomic E-state index is 0.255. The highest BCUT2D eigenvalue weighted by Gasteiger charge is 2.49. The summed E-state index contributed by atoms with van der Waals surface area (Å²) in [5.41, 5.74) is 0.580. The molecule has 2 rings (SSSR count). The van der Waals surface area contributed by atoms with Crippen molar-refractivity contribution in [1.82, 2.24) is 5.32 Å². The van der Waals surface area contributed by atoms with Crippen LogP contribution in [0.1, 0.15) is 39.0 Å². The minimum Gasteiger partial charge on any atom is -0.359 e. The van der Waals surface area contributed by atoms with Crippen LogP contribution < -0.4 is 5.32 Å². The lowest BCUT2D eigenvalue weighted by atomic mass is 9.60. The highest BCUT2D eigenvalue weighted by atomic mass is 16.1. The zero-order chi connectivity index (χ0) is 9.47. The van der Waals surface area contributed by atoms with Crippen molar-refractivity contribution in [3.63, 3.8) is 0 Å². The molecule has 2 fully saturated rings. The molecule has 2 nitrogen and oxygen atoms in total. The van der Waals surface area contributed by atoms with Crippen LogP contribution in [0.5, 0.6) is 0 Å². The first-order valence-electron chi connectivity index (χ1n) is 5.37. The van der Waals surface area contributed by atoms with Gasteiger partial charge in [0.15, 0.2) is 0 Å². The van der Waals surface area contributed by atoms with Gasteiger partial charge in [-0.3, -0.25) is 4.79 Å². The van der Waals surface area contributed by atoms with Gasteiger partial charge in [-0.05, 0) is 37.0 Å². The highest BCUT2D eigenvalue weighted by Crippen LogP contribution is 2.57. The summed E-state index contributed by atoms with van der Waals surface area (Å²) in [4.78, 5) is 11.3. The van der Waals surface area contributed by atoms with E-state index in [-0.39, 0.29) is 5.91 Å². The Morgan fingerprint density at radius 1 is 1.38 bits per heavy atom. The summed E-state index contributed by atoms with van der Waals surface area (Å²) >= 11 is 0. The second kappa shape index (κ2) is 3.00. The molecule has 0 aromatic heterocycles. The van der Waals surface area contributed by atoms with Crippen LogP contribution >= 0.6 is 0 Å². The molecule has 0 aromatic carbocycles. The Hall–Kier alpha value is -0.530. The van der Waals surface area contributed by atoms with Crippen molar-refractivity contribution in [2.24, 2.45) is 17.3 Å². The van der Waals surface area contributed by atoms with Gasteiger partial charge in [-0.2, -0.15) is 0 Å². The van der Waals surface area contributed by atoms with Gasteiger partial charge in [-0.1, -0.05) is 13.3 Å². The van der Waals surface area contributed by atoms with Gasteiger partial charge in [-0.15, -0.1) is 0 Å². The fraction of sp³-hybridized carbons (Fsp3) is 0.909. The predicted octanol–water partition coefficient (Wildman–Crippen LogP) is 1.95. The van der Waals surface area contributed by atoms with Crippen molar-refractivity contribution in [1.29, 1.82) is 0 Å². The summed E-state index contributed by atoms with van der Waals surface area (Å²) < 4.78 is 0. The molecule has 2 saturated carbocycles. The van der Waals surface area contributed by atoms with Crippen LogP contribution in [0.4, 0.5) is 0 Å². The molecule has 2 aliphatic carbocycles. The van der Waals surface area contributed by atoms with Gasteiger partial charge in [0.2, 0.25) is 5.91 Å². The molecule has 1 atom stereocenters. The van der Waals surface area contributed by atoms with Crippen molar-refractivity contribution < 1.29 is 4.79 Å². The Labute approximate surface area is 80.1 Å². The summed E-state index contributed by atoms with van der Waals surface area (Å²) in [5, 5.41) is 2.75. The molecule has 2 aliphatic rings. The maximum atomic E-state index is 11.3. The van der Waals surface area contributed by atoms with Gasteiger partial charge >= 0.3 is 0 Å². The number of amides is 1. The van der Waals surface area contributed by atoms with E-state index in [1.807, 2.05) is 0 Å². The highest BCUT2D eigenvalue weighted by molar-refractivity contribution is 5.79. The van der Waals surface area contributed by atoms with Crippen LogP contribution in [0.15, 0.2) is 0 Å². The van der Waals surface area contributed by atoms with E-state index in [1.165, 1.54) is 19.3 Å². The summed E-state index contributed by atoms with van der Waals surface area (Å²) in [5.74, 6) is 1.48. The quantitative estimate of drug-likeness (QED) is 0.658. The molecular formula is C11H19NO. The van der Waals surface area contributed by atoms with Crippen LogP contribution in [0.2, 0.25) is 0 Å². The topological polar surface area (TPSA) is 29.1 Å². The fourth-order valence-corrected chi connectivity index (χ4v) is 3.24. The number of rotatable bonds is 1. The van der Waals surface area contributed by atoms with Crippen molar-refractivity contribution >= 4 is 5.91 Å². The third kappa shape index (κ3) is 1.47. The molecule has 0 aliphatic heterocycles. The van der Waals surface area contributed by atoms with E-state index < -0.39 is 0 Å². The molecule has 74 valence electrons. The Morgan fingerprint density at radius 3 is 2.54 bits per heavy atom. The number of hydrogen-bond donors (Lipinski definition) is 1. The zero-order valence-electron chi connectivity index (χ0n) is 8.60. The third-order valence-corrected chi connectivity index (χ3v) is 3.92. The molecular weight excluding hydrogens is 162 g/mol. The Kier molecular flexibility index (Phi) is 2.09. The second-order valence-corrected chi connectivity index (χ2v) is 5.07. The molecule has 1 amide bonds. The first-order valence-corrected chi connectivity index (χ1v) is 5.37. The standard InChI is InChI=1S/C11H19NO/c1-8-3-4-11(5-8)6-9(7-11)10(13)12-2/h8-9H,3-7H2,1-2H3,(H,12,13). The number of carbonyl (C=O) groups is 1. The predicted molar refractivity (Wildman–Crippen MR) is 52.2 cm³/mol. The summed E-state index contributed by atoms with van der Waals surface area (Å²) in [6.07, 6.45) is 6.40. The monoisotopic (exact) mass is 181 g/mol. The van der Waals surface area contributed by atoms with E-state index in [0.29, 0.717) is 11.3 Å². The fourth-order valence-electron chi connectivity index (χ4n) is 3.24.